The predicted octanol–water partition coefficient (Wildman–Crippen LogP) is 3.57. The van der Waals surface area contributed by atoms with E-state index in [0.717, 1.165) is 4.90 Å². The maximum Gasteiger partial charge on any atom is 0.410 e. The molecule has 12 heteroatoms. The van der Waals surface area contributed by atoms with E-state index in [-0.39, 0.29) is 18.9 Å². The molecule has 0 aliphatic rings. The summed E-state index contributed by atoms with van der Waals surface area (Å²) in [5, 5.41) is 14.9. The molecule has 0 unspecified atom stereocenters. The summed E-state index contributed by atoms with van der Waals surface area (Å²) < 4.78 is 16.2. The van der Waals surface area contributed by atoms with Crippen LogP contribution in [0.25, 0.3) is 0 Å². The number of hydrogen-bond donors (Lipinski definition) is 3. The maximum absolute atomic E-state index is 13.5. The molecule has 3 N–H and O–H groups in total. The van der Waals surface area contributed by atoms with Crippen LogP contribution in [0.2, 0.25) is 0 Å². The lowest BCUT2D eigenvalue weighted by Crippen LogP contribution is -2.56. The highest BCUT2D eigenvalue weighted by molar-refractivity contribution is 5.93. The number of amides is 3. The highest BCUT2D eigenvalue weighted by Crippen LogP contribution is 2.21. The third kappa shape index (κ3) is 11.0. The Balaban J connectivity index is 2.16. The van der Waals surface area contributed by atoms with Gasteiger partial charge >= 0.3 is 18.0 Å². The fourth-order valence-electron chi connectivity index (χ4n) is 4.25. The standard InChI is InChI=1S/C32H43N3O9/c1-20(19-43-30(40)23-16-12-9-13-17-23)18-24(35(6)31(41)44-32(3,4)5)28(37)33-21(2)27(36)34-25(29(38)39)26(42-7)22-14-10-8-11-15-22/h8-17,20-21,24-26H,18-19H2,1-7H3,(H,33,37)(H,34,36)(H,38,39)/t20-,21+,24+,25+,26-/m1/s1. The number of carbonyl (C=O) groups excluding carboxylic acids is 4. The Morgan fingerprint density at radius 1 is 0.886 bits per heavy atom. The van der Waals surface area contributed by atoms with Crippen LogP contribution >= 0.6 is 0 Å². The predicted molar refractivity (Wildman–Crippen MR) is 162 cm³/mol. The van der Waals surface area contributed by atoms with Gasteiger partial charge in [-0.3, -0.25) is 14.5 Å². The normalized spacial score (nSPS) is 14.6. The number of carboxylic acids is 1. The summed E-state index contributed by atoms with van der Waals surface area (Å²) in [6, 6.07) is 13.2. The summed E-state index contributed by atoms with van der Waals surface area (Å²) in [6.45, 7) is 8.18. The summed E-state index contributed by atoms with van der Waals surface area (Å²) in [4.78, 5) is 65.1. The lowest BCUT2D eigenvalue weighted by atomic mass is 10.00. The summed E-state index contributed by atoms with van der Waals surface area (Å²) >= 11 is 0. The molecule has 0 aromatic heterocycles. The van der Waals surface area contributed by atoms with Crippen LogP contribution in [-0.2, 0) is 28.6 Å². The number of nitrogens with one attached hydrogen (secondary N) is 2. The highest BCUT2D eigenvalue weighted by Gasteiger charge is 2.35. The van der Waals surface area contributed by atoms with Crippen molar-refractivity contribution in [1.29, 1.82) is 0 Å². The zero-order valence-electron chi connectivity index (χ0n) is 26.2. The van der Waals surface area contributed by atoms with E-state index in [4.69, 9.17) is 14.2 Å². The Labute approximate surface area is 258 Å². The van der Waals surface area contributed by atoms with Crippen LogP contribution in [0.3, 0.4) is 0 Å². The van der Waals surface area contributed by atoms with Gasteiger partial charge in [-0.05, 0) is 57.7 Å². The second-order valence-corrected chi connectivity index (χ2v) is 11.5. The molecular weight excluding hydrogens is 570 g/mol. The van der Waals surface area contributed by atoms with Crippen molar-refractivity contribution in [3.63, 3.8) is 0 Å². The molecule has 5 atom stereocenters. The van der Waals surface area contributed by atoms with Gasteiger partial charge in [-0.1, -0.05) is 55.5 Å². The zero-order valence-corrected chi connectivity index (χ0v) is 26.2. The third-order valence-corrected chi connectivity index (χ3v) is 6.59. The van der Waals surface area contributed by atoms with Gasteiger partial charge < -0.3 is 30.0 Å². The van der Waals surface area contributed by atoms with E-state index in [9.17, 15) is 29.1 Å². The maximum atomic E-state index is 13.5. The lowest BCUT2D eigenvalue weighted by molar-refractivity contribution is -0.146. The van der Waals surface area contributed by atoms with Gasteiger partial charge in [-0.2, -0.15) is 0 Å². The van der Waals surface area contributed by atoms with Crippen molar-refractivity contribution in [3.05, 3.63) is 71.8 Å². The zero-order chi connectivity index (χ0) is 33.0. The summed E-state index contributed by atoms with van der Waals surface area (Å²) in [7, 11) is 2.73. The molecule has 0 aliphatic heterocycles. The smallest absolute Gasteiger partial charge is 0.410 e. The minimum absolute atomic E-state index is 0.0338. The average Bonchev–Trinajstić information content (AvgIpc) is 2.97. The number of likely N-dealkylation sites (N-methyl/N-ethyl adjacent to an activating group) is 1. The third-order valence-electron chi connectivity index (χ3n) is 6.59. The van der Waals surface area contributed by atoms with Crippen molar-refractivity contribution >= 4 is 29.8 Å². The molecule has 3 amide bonds. The first-order valence-electron chi connectivity index (χ1n) is 14.2. The number of rotatable bonds is 14. The van der Waals surface area contributed by atoms with Gasteiger partial charge in [0.25, 0.3) is 0 Å². The number of aliphatic carboxylic acids is 1. The Bertz CT molecular complexity index is 1260. The van der Waals surface area contributed by atoms with Crippen LogP contribution < -0.4 is 10.6 Å². The van der Waals surface area contributed by atoms with E-state index in [1.165, 1.54) is 21.1 Å². The summed E-state index contributed by atoms with van der Waals surface area (Å²) in [5.74, 6) is -3.68. The van der Waals surface area contributed by atoms with Crippen molar-refractivity contribution in [3.8, 4) is 0 Å². The van der Waals surface area contributed by atoms with Gasteiger partial charge in [0.15, 0.2) is 6.04 Å². The SMILES string of the molecule is CO[C@H](c1ccccc1)[C@H](NC(=O)[C@H](C)NC(=O)[C@H](C[C@@H](C)COC(=O)c1ccccc1)N(C)C(=O)OC(C)(C)C)C(=O)O. The lowest BCUT2D eigenvalue weighted by Gasteiger charge is -2.32. The van der Waals surface area contributed by atoms with Crippen LogP contribution in [0.15, 0.2) is 60.7 Å². The molecule has 2 aromatic rings. The van der Waals surface area contributed by atoms with Gasteiger partial charge in [-0.25, -0.2) is 14.4 Å². The largest absolute Gasteiger partial charge is 0.480 e. The monoisotopic (exact) mass is 613 g/mol. The molecular formula is C32H43N3O9. The Morgan fingerprint density at radius 3 is 1.98 bits per heavy atom. The summed E-state index contributed by atoms with van der Waals surface area (Å²) in [6.07, 6.45) is -1.69. The van der Waals surface area contributed by atoms with Gasteiger partial charge in [0, 0.05) is 14.2 Å². The van der Waals surface area contributed by atoms with Gasteiger partial charge in [0.2, 0.25) is 11.8 Å². The van der Waals surface area contributed by atoms with Crippen molar-refractivity contribution < 1.29 is 43.3 Å². The number of benzene rings is 2. The molecule has 0 heterocycles. The van der Waals surface area contributed by atoms with E-state index >= 15 is 0 Å². The second-order valence-electron chi connectivity index (χ2n) is 11.5. The molecule has 0 aliphatic carbocycles. The number of nitrogens with zero attached hydrogens (tertiary/aromatic N) is 1. The number of esters is 1. The molecule has 240 valence electrons. The van der Waals surface area contributed by atoms with Crippen molar-refractivity contribution in [1.82, 2.24) is 15.5 Å². The first-order valence-corrected chi connectivity index (χ1v) is 14.2. The molecule has 0 bridgehead atoms. The first kappa shape index (κ1) is 35.7. The molecule has 2 aromatic carbocycles. The van der Waals surface area contributed by atoms with E-state index in [1.807, 2.05) is 0 Å². The quantitative estimate of drug-likeness (QED) is 0.271. The number of hydrogen-bond acceptors (Lipinski definition) is 8. The second kappa shape index (κ2) is 16.4. The fourth-order valence-corrected chi connectivity index (χ4v) is 4.25. The van der Waals surface area contributed by atoms with Crippen LogP contribution in [0, 0.1) is 5.92 Å². The van der Waals surface area contributed by atoms with Crippen LogP contribution in [-0.4, -0.2) is 84.3 Å². The van der Waals surface area contributed by atoms with E-state index in [0.29, 0.717) is 11.1 Å². The number of methoxy groups -OCH3 is 1. The first-order chi connectivity index (χ1) is 20.6. The number of carbonyl (C=O) groups is 5. The Kier molecular flexibility index (Phi) is 13.3. The van der Waals surface area contributed by atoms with Crippen LogP contribution in [0.5, 0.6) is 0 Å². The van der Waals surface area contributed by atoms with Gasteiger partial charge in [0.05, 0.1) is 12.2 Å². The molecule has 2 rings (SSSR count). The van der Waals surface area contributed by atoms with Crippen molar-refractivity contribution in [2.24, 2.45) is 5.92 Å². The summed E-state index contributed by atoms with van der Waals surface area (Å²) in [5.41, 5.74) is 0.0847. The molecule has 0 radical (unpaired) electrons. The number of carboxylic acid groups (broad SMARTS) is 1. The number of ether oxygens (including phenoxy) is 3. The Morgan fingerprint density at radius 2 is 1.45 bits per heavy atom. The van der Waals surface area contributed by atoms with Crippen molar-refractivity contribution in [2.75, 3.05) is 20.8 Å². The van der Waals surface area contributed by atoms with E-state index in [2.05, 4.69) is 10.6 Å². The molecule has 0 spiro atoms. The van der Waals surface area contributed by atoms with Gasteiger partial charge in [-0.15, -0.1) is 0 Å². The van der Waals surface area contributed by atoms with Gasteiger partial charge in [0.1, 0.15) is 23.8 Å². The minimum Gasteiger partial charge on any atom is -0.480 e. The van der Waals surface area contributed by atoms with E-state index < -0.39 is 59.7 Å². The molecule has 12 nitrogen and oxygen atoms in total. The topological polar surface area (TPSA) is 161 Å². The Hall–Kier alpha value is -4.45. The molecule has 0 saturated heterocycles. The van der Waals surface area contributed by atoms with Crippen LogP contribution in [0.4, 0.5) is 4.79 Å². The average molecular weight is 614 g/mol. The molecule has 0 fully saturated rings. The van der Waals surface area contributed by atoms with E-state index in [1.54, 1.807) is 88.4 Å². The minimum atomic E-state index is -1.45. The molecule has 0 saturated carbocycles. The van der Waals surface area contributed by atoms with Crippen LogP contribution in [0.1, 0.15) is 63.1 Å². The molecule has 44 heavy (non-hydrogen) atoms. The van der Waals surface area contributed by atoms with Crippen molar-refractivity contribution in [2.45, 2.75) is 70.9 Å². The highest BCUT2D eigenvalue weighted by atomic mass is 16.6. The fraction of sp³-hybridized carbons (Fsp3) is 0.469.